The molecule has 0 spiro atoms. The fourth-order valence-electron chi connectivity index (χ4n) is 0.867. The van der Waals surface area contributed by atoms with E-state index >= 15 is 0 Å². The fourth-order valence-corrected chi connectivity index (χ4v) is 1.64. The van der Waals surface area contributed by atoms with Crippen LogP contribution in [0, 0.1) is 0 Å². The molecule has 2 nitrogen and oxygen atoms in total. The molecule has 0 saturated carbocycles. The Hall–Kier alpha value is -0.380. The van der Waals surface area contributed by atoms with E-state index in [0.29, 0.717) is 0 Å². The average molecular weight is 205 g/mol. The normalized spacial score (nSPS) is 8.83. The van der Waals surface area contributed by atoms with Gasteiger partial charge in [-0.15, -0.1) is 24.2 Å². The standard InChI is InChI=1S/C8H12N2S.ClH/c1-2-11-8-6-4-3-5-7(8)10-9;/h3-6,10H,2,9H2,1H3;1H. The molecule has 0 aliphatic rings. The lowest BCUT2D eigenvalue weighted by atomic mass is 10.3. The van der Waals surface area contributed by atoms with Crippen LogP contribution in [0.4, 0.5) is 5.69 Å². The predicted molar refractivity (Wildman–Crippen MR) is 57.9 cm³/mol. The third kappa shape index (κ3) is 2.93. The van der Waals surface area contributed by atoms with E-state index in [4.69, 9.17) is 5.84 Å². The zero-order valence-electron chi connectivity index (χ0n) is 6.91. The molecule has 0 amide bonds. The van der Waals surface area contributed by atoms with Gasteiger partial charge in [0.25, 0.3) is 0 Å². The smallest absolute Gasteiger partial charge is 0.0620 e. The summed E-state index contributed by atoms with van der Waals surface area (Å²) in [6.07, 6.45) is 0. The molecule has 0 unspecified atom stereocenters. The second-order valence-corrected chi connectivity index (χ2v) is 3.38. The van der Waals surface area contributed by atoms with Gasteiger partial charge in [0.05, 0.1) is 5.69 Å². The van der Waals surface area contributed by atoms with Crippen molar-refractivity contribution >= 4 is 29.9 Å². The Bertz CT molecular complexity index is 230. The van der Waals surface area contributed by atoms with E-state index in [1.54, 1.807) is 11.8 Å². The van der Waals surface area contributed by atoms with Crippen LogP contribution in [-0.2, 0) is 0 Å². The highest BCUT2D eigenvalue weighted by Crippen LogP contribution is 2.25. The molecular weight excluding hydrogens is 192 g/mol. The molecule has 68 valence electrons. The van der Waals surface area contributed by atoms with Crippen LogP contribution in [0.2, 0.25) is 0 Å². The highest BCUT2D eigenvalue weighted by Gasteiger charge is 1.96. The van der Waals surface area contributed by atoms with Crippen molar-refractivity contribution in [2.45, 2.75) is 11.8 Å². The summed E-state index contributed by atoms with van der Waals surface area (Å²) in [5, 5.41) is 0. The van der Waals surface area contributed by atoms with Crippen LogP contribution in [0.3, 0.4) is 0 Å². The van der Waals surface area contributed by atoms with Crippen molar-refractivity contribution in [1.82, 2.24) is 0 Å². The molecule has 1 rings (SSSR count). The Morgan fingerprint density at radius 2 is 2.08 bits per heavy atom. The van der Waals surface area contributed by atoms with Gasteiger partial charge in [-0.2, -0.15) is 0 Å². The number of hydrogen-bond donors (Lipinski definition) is 2. The number of benzene rings is 1. The van der Waals surface area contributed by atoms with Gasteiger partial charge in [-0.3, -0.25) is 5.84 Å². The molecule has 0 radical (unpaired) electrons. The highest BCUT2D eigenvalue weighted by atomic mass is 35.5. The van der Waals surface area contributed by atoms with E-state index in [1.807, 2.05) is 18.2 Å². The number of rotatable bonds is 3. The minimum Gasteiger partial charge on any atom is -0.323 e. The monoisotopic (exact) mass is 204 g/mol. The van der Waals surface area contributed by atoms with Crippen molar-refractivity contribution in [3.05, 3.63) is 24.3 Å². The minimum absolute atomic E-state index is 0. The molecule has 4 heteroatoms. The summed E-state index contributed by atoms with van der Waals surface area (Å²) in [7, 11) is 0. The number of para-hydroxylation sites is 1. The lowest BCUT2D eigenvalue weighted by Gasteiger charge is -2.05. The van der Waals surface area contributed by atoms with Crippen molar-refractivity contribution in [3.8, 4) is 0 Å². The van der Waals surface area contributed by atoms with Gasteiger partial charge in [-0.05, 0) is 17.9 Å². The first-order valence-corrected chi connectivity index (χ1v) is 4.55. The SMILES string of the molecule is CCSc1ccccc1NN.Cl. The molecule has 0 aromatic heterocycles. The number of hydrazine groups is 1. The second-order valence-electron chi connectivity index (χ2n) is 2.07. The molecule has 0 heterocycles. The van der Waals surface area contributed by atoms with Crippen LogP contribution >= 0.6 is 24.2 Å². The number of thioether (sulfide) groups is 1. The number of nitrogen functional groups attached to an aromatic ring is 1. The molecule has 12 heavy (non-hydrogen) atoms. The number of nitrogens with two attached hydrogens (primary N) is 1. The van der Waals surface area contributed by atoms with Crippen LogP contribution in [0.1, 0.15) is 6.92 Å². The van der Waals surface area contributed by atoms with E-state index in [2.05, 4.69) is 18.4 Å². The maximum Gasteiger partial charge on any atom is 0.0620 e. The lowest BCUT2D eigenvalue weighted by molar-refractivity contribution is 1.29. The summed E-state index contributed by atoms with van der Waals surface area (Å²) in [5.41, 5.74) is 3.66. The topological polar surface area (TPSA) is 38.0 Å². The summed E-state index contributed by atoms with van der Waals surface area (Å²) in [4.78, 5) is 1.21. The summed E-state index contributed by atoms with van der Waals surface area (Å²) in [6.45, 7) is 2.12. The van der Waals surface area contributed by atoms with Crippen molar-refractivity contribution in [2.75, 3.05) is 11.2 Å². The Labute approximate surface area is 83.3 Å². The van der Waals surface area contributed by atoms with E-state index in [9.17, 15) is 0 Å². The van der Waals surface area contributed by atoms with Crippen LogP contribution in [-0.4, -0.2) is 5.75 Å². The molecule has 0 bridgehead atoms. The maximum atomic E-state index is 5.32. The summed E-state index contributed by atoms with van der Waals surface area (Å²) in [6, 6.07) is 8.01. The van der Waals surface area contributed by atoms with Gasteiger partial charge >= 0.3 is 0 Å². The van der Waals surface area contributed by atoms with Gasteiger partial charge in [0.2, 0.25) is 0 Å². The van der Waals surface area contributed by atoms with Crippen molar-refractivity contribution in [3.63, 3.8) is 0 Å². The largest absolute Gasteiger partial charge is 0.323 e. The van der Waals surface area contributed by atoms with Crippen molar-refractivity contribution in [2.24, 2.45) is 5.84 Å². The molecule has 0 fully saturated rings. The molecule has 0 saturated heterocycles. The number of anilines is 1. The predicted octanol–water partition coefficient (Wildman–Crippen LogP) is 2.51. The van der Waals surface area contributed by atoms with Gasteiger partial charge in [-0.25, -0.2) is 0 Å². The first-order chi connectivity index (χ1) is 5.38. The molecule has 0 aliphatic heterocycles. The molecule has 1 aromatic carbocycles. The fraction of sp³-hybridized carbons (Fsp3) is 0.250. The molecule has 0 aliphatic carbocycles. The minimum atomic E-state index is 0. The van der Waals surface area contributed by atoms with Crippen molar-refractivity contribution in [1.29, 1.82) is 0 Å². The molecule has 3 N–H and O–H groups in total. The Balaban J connectivity index is 0.00000121. The summed E-state index contributed by atoms with van der Waals surface area (Å²) >= 11 is 1.78. The van der Waals surface area contributed by atoms with Gasteiger partial charge in [0.15, 0.2) is 0 Å². The molecular formula is C8H13ClN2S. The maximum absolute atomic E-state index is 5.32. The zero-order chi connectivity index (χ0) is 8.10. The van der Waals surface area contributed by atoms with Crippen LogP contribution in [0.25, 0.3) is 0 Å². The van der Waals surface area contributed by atoms with Crippen molar-refractivity contribution < 1.29 is 0 Å². The van der Waals surface area contributed by atoms with E-state index in [-0.39, 0.29) is 12.4 Å². The van der Waals surface area contributed by atoms with E-state index in [0.717, 1.165) is 11.4 Å². The average Bonchev–Trinajstić information content (AvgIpc) is 2.06. The van der Waals surface area contributed by atoms with Gasteiger partial charge < -0.3 is 5.43 Å². The first kappa shape index (κ1) is 11.6. The van der Waals surface area contributed by atoms with Crippen LogP contribution in [0.5, 0.6) is 0 Å². The Kier molecular flexibility index (Phi) is 5.98. The first-order valence-electron chi connectivity index (χ1n) is 3.57. The Morgan fingerprint density at radius 3 is 2.67 bits per heavy atom. The zero-order valence-corrected chi connectivity index (χ0v) is 8.54. The Morgan fingerprint density at radius 1 is 1.42 bits per heavy atom. The number of hydrogen-bond acceptors (Lipinski definition) is 3. The van der Waals surface area contributed by atoms with Crippen LogP contribution < -0.4 is 11.3 Å². The van der Waals surface area contributed by atoms with Gasteiger partial charge in [0, 0.05) is 4.90 Å². The van der Waals surface area contributed by atoms with Crippen LogP contribution in [0.15, 0.2) is 29.2 Å². The van der Waals surface area contributed by atoms with E-state index in [1.165, 1.54) is 4.90 Å². The number of halogens is 1. The second kappa shape index (κ2) is 6.17. The third-order valence-electron chi connectivity index (χ3n) is 1.34. The summed E-state index contributed by atoms with van der Waals surface area (Å²) < 4.78 is 0. The lowest BCUT2D eigenvalue weighted by Crippen LogP contribution is -2.07. The van der Waals surface area contributed by atoms with Gasteiger partial charge in [-0.1, -0.05) is 19.1 Å². The summed E-state index contributed by atoms with van der Waals surface area (Å²) in [5.74, 6) is 6.39. The molecule has 0 atom stereocenters. The van der Waals surface area contributed by atoms with E-state index < -0.39 is 0 Å². The quantitative estimate of drug-likeness (QED) is 0.452. The van der Waals surface area contributed by atoms with Gasteiger partial charge in [0.1, 0.15) is 0 Å². The third-order valence-corrected chi connectivity index (χ3v) is 2.30. The molecule has 1 aromatic rings. The highest BCUT2D eigenvalue weighted by molar-refractivity contribution is 7.99. The number of nitrogens with one attached hydrogen (secondary N) is 1.